The van der Waals surface area contributed by atoms with Gasteiger partial charge >= 0.3 is 0 Å². The van der Waals surface area contributed by atoms with Crippen molar-refractivity contribution in [3.63, 3.8) is 0 Å². The minimum Gasteiger partial charge on any atom is -0.307 e. The maximum Gasteiger partial charge on any atom is 0.0322 e. The zero-order chi connectivity index (χ0) is 14.6. The Morgan fingerprint density at radius 2 is 1.55 bits per heavy atom. The van der Waals surface area contributed by atoms with Gasteiger partial charge in [-0.25, -0.2) is 0 Å². The van der Waals surface area contributed by atoms with E-state index in [0.717, 1.165) is 0 Å². The molecule has 0 aliphatic carbocycles. The van der Waals surface area contributed by atoms with Crippen LogP contribution in [0.25, 0.3) is 0 Å². The standard InChI is InChI=1S/C19H33N/c1-4-6-8-10-13-17(3)20-19(16-7-5-2)18-14-11-9-12-15-18/h9,11-12,14-15,17,19-20H,4-8,10,13,16H2,1-3H3. The van der Waals surface area contributed by atoms with Gasteiger partial charge in [-0.2, -0.15) is 0 Å². The summed E-state index contributed by atoms with van der Waals surface area (Å²) < 4.78 is 0. The lowest BCUT2D eigenvalue weighted by molar-refractivity contribution is 0.398. The van der Waals surface area contributed by atoms with E-state index >= 15 is 0 Å². The van der Waals surface area contributed by atoms with E-state index < -0.39 is 0 Å². The third-order valence-corrected chi connectivity index (χ3v) is 4.02. The lowest BCUT2D eigenvalue weighted by Crippen LogP contribution is -2.30. The summed E-state index contributed by atoms with van der Waals surface area (Å²) in [5, 5.41) is 3.84. The van der Waals surface area contributed by atoms with E-state index in [0.29, 0.717) is 12.1 Å². The maximum absolute atomic E-state index is 3.84. The van der Waals surface area contributed by atoms with E-state index in [1.54, 1.807) is 0 Å². The number of hydrogen-bond donors (Lipinski definition) is 1. The van der Waals surface area contributed by atoms with Crippen molar-refractivity contribution in [2.45, 2.75) is 84.2 Å². The largest absolute Gasteiger partial charge is 0.307 e. The summed E-state index contributed by atoms with van der Waals surface area (Å²) in [6, 6.07) is 12.1. The molecule has 0 bridgehead atoms. The molecule has 0 radical (unpaired) electrons. The van der Waals surface area contributed by atoms with Crippen LogP contribution < -0.4 is 5.32 Å². The molecule has 1 nitrogen and oxygen atoms in total. The fraction of sp³-hybridized carbons (Fsp3) is 0.684. The summed E-state index contributed by atoms with van der Waals surface area (Å²) in [5.41, 5.74) is 1.45. The van der Waals surface area contributed by atoms with Crippen LogP contribution in [0.4, 0.5) is 0 Å². The SMILES string of the molecule is CCCCCCC(C)NC(CCCC)c1ccccc1. The van der Waals surface area contributed by atoms with E-state index in [2.05, 4.69) is 56.4 Å². The van der Waals surface area contributed by atoms with Crippen LogP contribution >= 0.6 is 0 Å². The van der Waals surface area contributed by atoms with Gasteiger partial charge in [0.2, 0.25) is 0 Å². The van der Waals surface area contributed by atoms with Crippen LogP contribution in [0.15, 0.2) is 30.3 Å². The molecule has 0 fully saturated rings. The molecule has 0 aromatic heterocycles. The first-order valence-corrected chi connectivity index (χ1v) is 8.58. The normalized spacial score (nSPS) is 14.2. The van der Waals surface area contributed by atoms with E-state index in [9.17, 15) is 0 Å². The Labute approximate surface area is 126 Å². The predicted molar refractivity (Wildman–Crippen MR) is 90.1 cm³/mol. The molecule has 1 aromatic carbocycles. The lowest BCUT2D eigenvalue weighted by atomic mass is 9.99. The van der Waals surface area contributed by atoms with Gasteiger partial charge in [-0.05, 0) is 25.3 Å². The van der Waals surface area contributed by atoms with Gasteiger partial charge in [-0.3, -0.25) is 0 Å². The van der Waals surface area contributed by atoms with Gasteiger partial charge in [-0.15, -0.1) is 0 Å². The fourth-order valence-corrected chi connectivity index (χ4v) is 2.74. The summed E-state index contributed by atoms with van der Waals surface area (Å²) in [5.74, 6) is 0. The van der Waals surface area contributed by atoms with Crippen molar-refractivity contribution in [2.75, 3.05) is 0 Å². The monoisotopic (exact) mass is 275 g/mol. The second-order valence-corrected chi connectivity index (χ2v) is 6.02. The molecule has 0 heterocycles. The van der Waals surface area contributed by atoms with E-state index in [4.69, 9.17) is 0 Å². The van der Waals surface area contributed by atoms with Crippen molar-refractivity contribution in [3.8, 4) is 0 Å². The van der Waals surface area contributed by atoms with Crippen LogP contribution in [0.3, 0.4) is 0 Å². The fourth-order valence-electron chi connectivity index (χ4n) is 2.74. The number of unbranched alkanes of at least 4 members (excludes halogenated alkanes) is 4. The van der Waals surface area contributed by atoms with Crippen molar-refractivity contribution >= 4 is 0 Å². The molecule has 2 atom stereocenters. The maximum atomic E-state index is 3.84. The molecule has 0 aliphatic heterocycles. The molecule has 0 spiro atoms. The average molecular weight is 275 g/mol. The quantitative estimate of drug-likeness (QED) is 0.498. The Morgan fingerprint density at radius 1 is 0.850 bits per heavy atom. The molecule has 1 N–H and O–H groups in total. The van der Waals surface area contributed by atoms with Crippen molar-refractivity contribution < 1.29 is 0 Å². The molecule has 0 amide bonds. The number of hydrogen-bond acceptors (Lipinski definition) is 1. The van der Waals surface area contributed by atoms with Gasteiger partial charge in [0.1, 0.15) is 0 Å². The molecule has 20 heavy (non-hydrogen) atoms. The number of benzene rings is 1. The van der Waals surface area contributed by atoms with Gasteiger partial charge in [0.05, 0.1) is 0 Å². The van der Waals surface area contributed by atoms with E-state index in [1.807, 2.05) is 0 Å². The molecule has 114 valence electrons. The minimum atomic E-state index is 0.525. The molecular weight excluding hydrogens is 242 g/mol. The summed E-state index contributed by atoms with van der Waals surface area (Å²) >= 11 is 0. The van der Waals surface area contributed by atoms with Crippen LogP contribution in [-0.2, 0) is 0 Å². The zero-order valence-electron chi connectivity index (χ0n) is 13.7. The van der Waals surface area contributed by atoms with Gasteiger partial charge in [0, 0.05) is 12.1 Å². The molecule has 2 unspecified atom stereocenters. The molecule has 1 aromatic rings. The summed E-state index contributed by atoms with van der Waals surface area (Å²) in [7, 11) is 0. The number of rotatable bonds is 11. The molecule has 0 saturated heterocycles. The highest BCUT2D eigenvalue weighted by molar-refractivity contribution is 5.18. The highest BCUT2D eigenvalue weighted by atomic mass is 14.9. The Morgan fingerprint density at radius 3 is 2.20 bits per heavy atom. The minimum absolute atomic E-state index is 0.525. The van der Waals surface area contributed by atoms with E-state index in [1.165, 1.54) is 56.9 Å². The van der Waals surface area contributed by atoms with E-state index in [-0.39, 0.29) is 0 Å². The smallest absolute Gasteiger partial charge is 0.0322 e. The van der Waals surface area contributed by atoms with Crippen LogP contribution in [0.1, 0.15) is 83.7 Å². The lowest BCUT2D eigenvalue weighted by Gasteiger charge is -2.24. The van der Waals surface area contributed by atoms with Crippen molar-refractivity contribution in [1.29, 1.82) is 0 Å². The summed E-state index contributed by atoms with van der Waals surface area (Å²) in [4.78, 5) is 0. The molecule has 1 heteroatoms. The first kappa shape index (κ1) is 17.2. The van der Waals surface area contributed by atoms with Crippen LogP contribution in [-0.4, -0.2) is 6.04 Å². The van der Waals surface area contributed by atoms with Crippen LogP contribution in [0.5, 0.6) is 0 Å². The summed E-state index contributed by atoms with van der Waals surface area (Å²) in [6.45, 7) is 6.89. The first-order valence-electron chi connectivity index (χ1n) is 8.58. The Balaban J connectivity index is 2.43. The highest BCUT2D eigenvalue weighted by Crippen LogP contribution is 2.20. The predicted octanol–water partition coefficient (Wildman–Crippen LogP) is 5.87. The molecule has 0 aliphatic rings. The molecule has 1 rings (SSSR count). The van der Waals surface area contributed by atoms with Gasteiger partial charge in [0.15, 0.2) is 0 Å². The number of nitrogens with one attached hydrogen (secondary N) is 1. The van der Waals surface area contributed by atoms with Crippen molar-refractivity contribution in [1.82, 2.24) is 5.32 Å². The topological polar surface area (TPSA) is 12.0 Å². The second-order valence-electron chi connectivity index (χ2n) is 6.02. The third kappa shape index (κ3) is 7.09. The molecular formula is C19H33N. The summed E-state index contributed by atoms with van der Waals surface area (Å²) in [6.07, 6.45) is 10.6. The van der Waals surface area contributed by atoms with Crippen LogP contribution in [0, 0.1) is 0 Å². The van der Waals surface area contributed by atoms with Crippen molar-refractivity contribution in [2.24, 2.45) is 0 Å². The average Bonchev–Trinajstić information content (AvgIpc) is 2.49. The molecule has 0 saturated carbocycles. The van der Waals surface area contributed by atoms with Gasteiger partial charge in [0.25, 0.3) is 0 Å². The van der Waals surface area contributed by atoms with Gasteiger partial charge < -0.3 is 5.32 Å². The van der Waals surface area contributed by atoms with Gasteiger partial charge in [-0.1, -0.05) is 82.7 Å². The Kier molecular flexibility index (Phi) is 9.40. The van der Waals surface area contributed by atoms with Crippen molar-refractivity contribution in [3.05, 3.63) is 35.9 Å². The van der Waals surface area contributed by atoms with Crippen LogP contribution in [0.2, 0.25) is 0 Å². The highest BCUT2D eigenvalue weighted by Gasteiger charge is 2.13. The first-order chi connectivity index (χ1) is 9.77. The Hall–Kier alpha value is -0.820. The third-order valence-electron chi connectivity index (χ3n) is 4.02. The zero-order valence-corrected chi connectivity index (χ0v) is 13.7. The Bertz CT molecular complexity index is 320. The second kappa shape index (κ2) is 10.9.